The topological polar surface area (TPSA) is 47.6 Å². The lowest BCUT2D eigenvalue weighted by Crippen LogP contribution is -2.21. The lowest BCUT2D eigenvalue weighted by molar-refractivity contribution is -0.136. The molecule has 0 saturated heterocycles. The van der Waals surface area contributed by atoms with Crippen LogP contribution in [0.4, 0.5) is 0 Å². The molecule has 0 aliphatic rings. The average molecular weight is 229 g/mol. The standard InChI is InChI=1S/C12H23NO3/c1-10(2)9-16-8-7-13-6-5-11(3)12(14)15-4/h5,10,13H,6-9H2,1-4H3. The molecule has 4 heteroatoms. The van der Waals surface area contributed by atoms with Crippen molar-refractivity contribution in [2.45, 2.75) is 20.8 Å². The molecule has 0 heterocycles. The number of hydrogen-bond acceptors (Lipinski definition) is 4. The van der Waals surface area contributed by atoms with Gasteiger partial charge in [-0.25, -0.2) is 4.79 Å². The maximum Gasteiger partial charge on any atom is 0.333 e. The Morgan fingerprint density at radius 1 is 1.44 bits per heavy atom. The maximum absolute atomic E-state index is 11.0. The van der Waals surface area contributed by atoms with E-state index in [4.69, 9.17) is 4.74 Å². The molecule has 0 aliphatic carbocycles. The van der Waals surface area contributed by atoms with E-state index in [0.29, 0.717) is 24.6 Å². The van der Waals surface area contributed by atoms with Crippen LogP contribution in [-0.2, 0) is 14.3 Å². The third-order valence-corrected chi connectivity index (χ3v) is 1.93. The molecule has 0 amide bonds. The Morgan fingerprint density at radius 3 is 2.69 bits per heavy atom. The predicted octanol–water partition coefficient (Wildman–Crippen LogP) is 1.37. The van der Waals surface area contributed by atoms with Gasteiger partial charge in [-0.15, -0.1) is 0 Å². The highest BCUT2D eigenvalue weighted by molar-refractivity contribution is 5.87. The van der Waals surface area contributed by atoms with Gasteiger partial charge < -0.3 is 14.8 Å². The number of esters is 1. The monoisotopic (exact) mass is 229 g/mol. The van der Waals surface area contributed by atoms with Gasteiger partial charge in [0.2, 0.25) is 0 Å². The third-order valence-electron chi connectivity index (χ3n) is 1.93. The van der Waals surface area contributed by atoms with E-state index in [9.17, 15) is 4.79 Å². The van der Waals surface area contributed by atoms with Crippen molar-refractivity contribution >= 4 is 5.97 Å². The predicted molar refractivity (Wildman–Crippen MR) is 64.3 cm³/mol. The first-order chi connectivity index (χ1) is 7.57. The first kappa shape index (κ1) is 15.1. The summed E-state index contributed by atoms with van der Waals surface area (Å²) >= 11 is 0. The minimum atomic E-state index is -0.280. The van der Waals surface area contributed by atoms with Crippen molar-refractivity contribution in [2.75, 3.05) is 33.4 Å². The molecule has 1 N–H and O–H groups in total. The molecule has 0 atom stereocenters. The summed E-state index contributed by atoms with van der Waals surface area (Å²) in [6, 6.07) is 0. The zero-order valence-electron chi connectivity index (χ0n) is 10.7. The smallest absolute Gasteiger partial charge is 0.333 e. The van der Waals surface area contributed by atoms with Crippen LogP contribution in [0.5, 0.6) is 0 Å². The fourth-order valence-corrected chi connectivity index (χ4v) is 1.04. The number of hydrogen-bond donors (Lipinski definition) is 1. The van der Waals surface area contributed by atoms with Gasteiger partial charge in [-0.2, -0.15) is 0 Å². The minimum Gasteiger partial charge on any atom is -0.466 e. The molecule has 0 spiro atoms. The Bertz CT molecular complexity index is 224. The summed E-state index contributed by atoms with van der Waals surface area (Å²) in [6.07, 6.45) is 1.81. The number of rotatable bonds is 8. The van der Waals surface area contributed by atoms with E-state index < -0.39 is 0 Å². The van der Waals surface area contributed by atoms with E-state index in [1.54, 1.807) is 6.92 Å². The molecule has 0 aliphatic heterocycles. The number of carbonyl (C=O) groups excluding carboxylic acids is 1. The molecule has 0 saturated carbocycles. The first-order valence-corrected chi connectivity index (χ1v) is 5.61. The SMILES string of the molecule is COC(=O)C(C)=CCNCCOCC(C)C. The van der Waals surface area contributed by atoms with E-state index in [2.05, 4.69) is 23.9 Å². The van der Waals surface area contributed by atoms with Crippen LogP contribution >= 0.6 is 0 Å². The second-order valence-corrected chi connectivity index (χ2v) is 4.05. The van der Waals surface area contributed by atoms with Crippen molar-refractivity contribution in [1.29, 1.82) is 0 Å². The van der Waals surface area contributed by atoms with Gasteiger partial charge >= 0.3 is 5.97 Å². The van der Waals surface area contributed by atoms with Crippen molar-refractivity contribution in [3.8, 4) is 0 Å². The van der Waals surface area contributed by atoms with Crippen molar-refractivity contribution in [2.24, 2.45) is 5.92 Å². The van der Waals surface area contributed by atoms with Gasteiger partial charge in [-0.3, -0.25) is 0 Å². The molecule has 0 bridgehead atoms. The van der Waals surface area contributed by atoms with Crippen LogP contribution in [0.3, 0.4) is 0 Å². The van der Waals surface area contributed by atoms with Crippen molar-refractivity contribution < 1.29 is 14.3 Å². The highest BCUT2D eigenvalue weighted by atomic mass is 16.5. The second kappa shape index (κ2) is 9.36. The Morgan fingerprint density at radius 2 is 2.12 bits per heavy atom. The second-order valence-electron chi connectivity index (χ2n) is 4.05. The Balaban J connectivity index is 3.42. The number of carbonyl (C=O) groups is 1. The Hall–Kier alpha value is -0.870. The Kier molecular flexibility index (Phi) is 8.85. The lowest BCUT2D eigenvalue weighted by atomic mass is 10.2. The van der Waals surface area contributed by atoms with Crippen molar-refractivity contribution in [1.82, 2.24) is 5.32 Å². The molecular formula is C12H23NO3. The normalized spacial score (nSPS) is 11.9. The molecule has 0 rings (SSSR count). The number of methoxy groups -OCH3 is 1. The van der Waals surface area contributed by atoms with E-state index in [0.717, 1.165) is 13.2 Å². The molecule has 0 aromatic rings. The summed E-state index contributed by atoms with van der Waals surface area (Å²) in [7, 11) is 1.38. The first-order valence-electron chi connectivity index (χ1n) is 5.61. The van der Waals surface area contributed by atoms with Crippen LogP contribution < -0.4 is 5.32 Å². The molecule has 4 nitrogen and oxygen atoms in total. The van der Waals surface area contributed by atoms with E-state index in [1.807, 2.05) is 6.08 Å². The van der Waals surface area contributed by atoms with Crippen LogP contribution in [-0.4, -0.2) is 39.4 Å². The summed E-state index contributed by atoms with van der Waals surface area (Å²) in [4.78, 5) is 11.0. The van der Waals surface area contributed by atoms with E-state index in [1.165, 1.54) is 7.11 Å². The highest BCUT2D eigenvalue weighted by Crippen LogP contribution is 1.94. The average Bonchev–Trinajstić information content (AvgIpc) is 2.25. The van der Waals surface area contributed by atoms with Gasteiger partial charge in [0.1, 0.15) is 0 Å². The summed E-state index contributed by atoms with van der Waals surface area (Å²) < 4.78 is 9.97. The molecule has 0 unspecified atom stereocenters. The van der Waals surface area contributed by atoms with Crippen molar-refractivity contribution in [3.63, 3.8) is 0 Å². The van der Waals surface area contributed by atoms with Gasteiger partial charge in [0, 0.05) is 25.3 Å². The summed E-state index contributed by atoms with van der Waals surface area (Å²) in [5, 5.41) is 3.16. The highest BCUT2D eigenvalue weighted by Gasteiger charge is 2.00. The third kappa shape index (κ3) is 8.44. The quantitative estimate of drug-likeness (QED) is 0.388. The molecular weight excluding hydrogens is 206 g/mol. The lowest BCUT2D eigenvalue weighted by Gasteiger charge is -2.06. The molecule has 0 radical (unpaired) electrons. The van der Waals surface area contributed by atoms with Gasteiger partial charge in [0.05, 0.1) is 13.7 Å². The van der Waals surface area contributed by atoms with Crippen LogP contribution in [0.2, 0.25) is 0 Å². The van der Waals surface area contributed by atoms with Crippen LogP contribution in [0.15, 0.2) is 11.6 Å². The zero-order valence-corrected chi connectivity index (χ0v) is 10.7. The van der Waals surface area contributed by atoms with E-state index >= 15 is 0 Å². The molecule has 0 fully saturated rings. The maximum atomic E-state index is 11.0. The largest absolute Gasteiger partial charge is 0.466 e. The molecule has 16 heavy (non-hydrogen) atoms. The summed E-state index contributed by atoms with van der Waals surface area (Å²) in [6.45, 7) is 8.92. The number of nitrogens with one attached hydrogen (secondary N) is 1. The number of ether oxygens (including phenoxy) is 2. The van der Waals surface area contributed by atoms with Gasteiger partial charge in [0.15, 0.2) is 0 Å². The Labute approximate surface area is 98.0 Å². The molecule has 94 valence electrons. The zero-order chi connectivity index (χ0) is 12.4. The summed E-state index contributed by atoms with van der Waals surface area (Å²) in [5.74, 6) is 0.291. The van der Waals surface area contributed by atoms with E-state index in [-0.39, 0.29) is 5.97 Å². The van der Waals surface area contributed by atoms with Crippen LogP contribution in [0, 0.1) is 5.92 Å². The van der Waals surface area contributed by atoms with Crippen LogP contribution in [0.1, 0.15) is 20.8 Å². The molecule has 0 aromatic carbocycles. The summed E-state index contributed by atoms with van der Waals surface area (Å²) in [5.41, 5.74) is 0.623. The minimum absolute atomic E-state index is 0.280. The van der Waals surface area contributed by atoms with Gasteiger partial charge in [-0.05, 0) is 12.8 Å². The van der Waals surface area contributed by atoms with Gasteiger partial charge in [0.25, 0.3) is 0 Å². The van der Waals surface area contributed by atoms with Crippen molar-refractivity contribution in [3.05, 3.63) is 11.6 Å². The fraction of sp³-hybridized carbons (Fsp3) is 0.750. The fourth-order valence-electron chi connectivity index (χ4n) is 1.04. The molecule has 0 aromatic heterocycles. The van der Waals surface area contributed by atoms with Crippen LogP contribution in [0.25, 0.3) is 0 Å². The van der Waals surface area contributed by atoms with Gasteiger partial charge in [-0.1, -0.05) is 19.9 Å².